The first kappa shape index (κ1) is 15.0. The third-order valence-electron chi connectivity index (χ3n) is 5.59. The largest absolute Gasteiger partial charge is 0.314 e. The van der Waals surface area contributed by atoms with Crippen molar-refractivity contribution in [1.29, 1.82) is 0 Å². The van der Waals surface area contributed by atoms with Crippen molar-refractivity contribution in [2.45, 2.75) is 57.9 Å². The van der Waals surface area contributed by atoms with E-state index in [-0.39, 0.29) is 5.82 Å². The monoisotopic (exact) mass is 289 g/mol. The average Bonchev–Trinajstić information content (AvgIpc) is 3.06. The molecule has 116 valence electrons. The lowest BCUT2D eigenvalue weighted by Crippen LogP contribution is -2.29. The molecule has 0 saturated heterocycles. The van der Waals surface area contributed by atoms with Crippen molar-refractivity contribution in [1.82, 2.24) is 5.32 Å². The smallest absolute Gasteiger partial charge is 0.123 e. The fourth-order valence-electron chi connectivity index (χ4n) is 4.48. The van der Waals surface area contributed by atoms with Gasteiger partial charge in [-0.05, 0) is 67.1 Å². The van der Waals surface area contributed by atoms with Crippen LogP contribution >= 0.6 is 0 Å². The molecule has 0 amide bonds. The fraction of sp³-hybridized carbons (Fsp3) is 0.684. The van der Waals surface area contributed by atoms with Crippen molar-refractivity contribution in [3.05, 3.63) is 35.6 Å². The van der Waals surface area contributed by atoms with Gasteiger partial charge in [-0.2, -0.15) is 0 Å². The average molecular weight is 289 g/mol. The maximum absolute atomic E-state index is 13.2. The number of nitrogens with one attached hydrogen (secondary N) is 1. The molecule has 0 heterocycles. The lowest BCUT2D eigenvalue weighted by molar-refractivity contribution is 0.289. The zero-order valence-corrected chi connectivity index (χ0v) is 13.3. The molecule has 0 spiro atoms. The van der Waals surface area contributed by atoms with Gasteiger partial charge in [0.1, 0.15) is 5.82 Å². The van der Waals surface area contributed by atoms with E-state index >= 15 is 0 Å². The summed E-state index contributed by atoms with van der Waals surface area (Å²) in [5.41, 5.74) is 1.30. The molecule has 2 heteroatoms. The second-order valence-electron chi connectivity index (χ2n) is 7.48. The van der Waals surface area contributed by atoms with E-state index in [4.69, 9.17) is 0 Å². The number of hydrogen-bond donors (Lipinski definition) is 1. The van der Waals surface area contributed by atoms with Crippen molar-refractivity contribution in [3.8, 4) is 0 Å². The van der Waals surface area contributed by atoms with Gasteiger partial charge in [0.25, 0.3) is 0 Å². The summed E-state index contributed by atoms with van der Waals surface area (Å²) in [6, 6.07) is 7.69. The van der Waals surface area contributed by atoms with E-state index in [1.807, 2.05) is 12.1 Å². The van der Waals surface area contributed by atoms with Gasteiger partial charge in [0.2, 0.25) is 0 Å². The van der Waals surface area contributed by atoms with Crippen molar-refractivity contribution < 1.29 is 4.39 Å². The van der Waals surface area contributed by atoms with Crippen LogP contribution in [0.3, 0.4) is 0 Å². The van der Waals surface area contributed by atoms with Crippen molar-refractivity contribution in [2.24, 2.45) is 17.8 Å². The van der Waals surface area contributed by atoms with E-state index in [0.717, 1.165) is 24.3 Å². The number of rotatable bonds is 6. The van der Waals surface area contributed by atoms with Crippen molar-refractivity contribution in [2.75, 3.05) is 6.54 Å². The van der Waals surface area contributed by atoms with Crippen LogP contribution in [-0.2, 0) is 0 Å². The van der Waals surface area contributed by atoms with Crippen LogP contribution in [0.25, 0.3) is 0 Å². The Hall–Kier alpha value is -0.890. The first-order chi connectivity index (χ1) is 10.1. The molecule has 1 aromatic carbocycles. The van der Waals surface area contributed by atoms with Crippen LogP contribution in [0.1, 0.15) is 57.4 Å². The summed E-state index contributed by atoms with van der Waals surface area (Å²) in [5, 5.41) is 3.58. The number of hydrogen-bond acceptors (Lipinski definition) is 1. The molecule has 2 aliphatic rings. The number of halogens is 1. The molecule has 4 atom stereocenters. The molecule has 2 aliphatic carbocycles. The van der Waals surface area contributed by atoms with Crippen LogP contribution in [-0.4, -0.2) is 12.6 Å². The normalized spacial score (nSPS) is 29.2. The molecule has 3 rings (SSSR count). The van der Waals surface area contributed by atoms with Crippen LogP contribution in [0.2, 0.25) is 0 Å². The highest BCUT2D eigenvalue weighted by molar-refractivity contribution is 5.21. The number of fused-ring (bicyclic) bond motifs is 2. The van der Waals surface area contributed by atoms with E-state index in [9.17, 15) is 4.39 Å². The van der Waals surface area contributed by atoms with Gasteiger partial charge in [0, 0.05) is 12.6 Å². The quantitative estimate of drug-likeness (QED) is 0.798. The Balaban J connectivity index is 1.68. The molecule has 2 fully saturated rings. The third-order valence-corrected chi connectivity index (χ3v) is 5.59. The van der Waals surface area contributed by atoms with Gasteiger partial charge in [0.05, 0.1) is 0 Å². The molecule has 1 aromatic rings. The first-order valence-corrected chi connectivity index (χ1v) is 8.60. The highest BCUT2D eigenvalue weighted by atomic mass is 19.1. The molecule has 0 aromatic heterocycles. The van der Waals surface area contributed by atoms with Crippen LogP contribution in [0.5, 0.6) is 0 Å². The Morgan fingerprint density at radius 2 is 1.90 bits per heavy atom. The Labute approximate surface area is 128 Å². The topological polar surface area (TPSA) is 12.0 Å². The molecule has 2 bridgehead atoms. The van der Waals surface area contributed by atoms with Crippen LogP contribution in [0.15, 0.2) is 24.3 Å². The van der Waals surface area contributed by atoms with Crippen LogP contribution in [0.4, 0.5) is 4.39 Å². The molecule has 0 aliphatic heterocycles. The molecule has 1 N–H and O–H groups in total. The van der Waals surface area contributed by atoms with Gasteiger partial charge in [-0.1, -0.05) is 32.4 Å². The summed E-state index contributed by atoms with van der Waals surface area (Å²) >= 11 is 0. The van der Waals surface area contributed by atoms with Gasteiger partial charge < -0.3 is 5.32 Å². The zero-order valence-electron chi connectivity index (χ0n) is 13.3. The zero-order chi connectivity index (χ0) is 14.8. The van der Waals surface area contributed by atoms with Gasteiger partial charge in [-0.3, -0.25) is 0 Å². The lowest BCUT2D eigenvalue weighted by atomic mass is 9.80. The van der Waals surface area contributed by atoms with E-state index in [0.29, 0.717) is 12.0 Å². The molecule has 2 saturated carbocycles. The fourth-order valence-corrected chi connectivity index (χ4v) is 4.48. The molecule has 21 heavy (non-hydrogen) atoms. The minimum Gasteiger partial charge on any atom is -0.314 e. The van der Waals surface area contributed by atoms with Gasteiger partial charge in [-0.25, -0.2) is 4.39 Å². The second kappa shape index (κ2) is 6.48. The van der Waals surface area contributed by atoms with Crippen molar-refractivity contribution >= 4 is 0 Å². The summed E-state index contributed by atoms with van der Waals surface area (Å²) in [4.78, 5) is 0. The Bertz CT molecular complexity index is 453. The van der Waals surface area contributed by atoms with Crippen LogP contribution in [0, 0.1) is 23.6 Å². The minimum absolute atomic E-state index is 0.130. The molecular formula is C19H28FN. The van der Waals surface area contributed by atoms with Gasteiger partial charge in [0.15, 0.2) is 0 Å². The number of benzene rings is 1. The maximum Gasteiger partial charge on any atom is 0.123 e. The highest BCUT2D eigenvalue weighted by Gasteiger charge is 2.40. The van der Waals surface area contributed by atoms with Crippen LogP contribution < -0.4 is 5.32 Å². The molecular weight excluding hydrogens is 261 g/mol. The summed E-state index contributed by atoms with van der Waals surface area (Å²) in [6.07, 6.45) is 7.09. The van der Waals surface area contributed by atoms with E-state index in [2.05, 4.69) is 19.2 Å². The lowest BCUT2D eigenvalue weighted by Gasteiger charge is -2.28. The standard InChI is InChI=1S/C19H28FN/c1-13(2)21-12-18(15-5-7-19(20)8-6-15)11-17-10-14-3-4-16(17)9-14/h5-8,13-14,16-18,21H,3-4,9-12H2,1-2H3. The van der Waals surface area contributed by atoms with Gasteiger partial charge in [-0.15, -0.1) is 0 Å². The summed E-state index contributed by atoms with van der Waals surface area (Å²) in [7, 11) is 0. The maximum atomic E-state index is 13.2. The molecule has 0 radical (unpaired) electrons. The predicted octanol–water partition coefficient (Wildman–Crippen LogP) is 4.73. The second-order valence-corrected chi connectivity index (χ2v) is 7.48. The highest BCUT2D eigenvalue weighted by Crippen LogP contribution is 2.51. The Morgan fingerprint density at radius 1 is 1.14 bits per heavy atom. The molecule has 4 unspecified atom stereocenters. The molecule has 1 nitrogen and oxygen atoms in total. The summed E-state index contributed by atoms with van der Waals surface area (Å²) in [5.74, 6) is 3.27. The Morgan fingerprint density at radius 3 is 2.48 bits per heavy atom. The SMILES string of the molecule is CC(C)NCC(CC1CC2CCC1C2)c1ccc(F)cc1. The van der Waals surface area contributed by atoms with Gasteiger partial charge >= 0.3 is 0 Å². The Kier molecular flexibility index (Phi) is 4.63. The van der Waals surface area contributed by atoms with E-state index in [1.165, 1.54) is 37.7 Å². The summed E-state index contributed by atoms with van der Waals surface area (Å²) < 4.78 is 13.2. The predicted molar refractivity (Wildman–Crippen MR) is 85.8 cm³/mol. The van der Waals surface area contributed by atoms with Crippen molar-refractivity contribution in [3.63, 3.8) is 0 Å². The minimum atomic E-state index is -0.130. The third kappa shape index (κ3) is 3.66. The van der Waals surface area contributed by atoms with E-state index in [1.54, 1.807) is 12.1 Å². The summed E-state index contributed by atoms with van der Waals surface area (Å²) in [6.45, 7) is 5.40. The first-order valence-electron chi connectivity index (χ1n) is 8.60. The van der Waals surface area contributed by atoms with E-state index < -0.39 is 0 Å².